The van der Waals surface area contributed by atoms with Gasteiger partial charge < -0.3 is 4.90 Å². The van der Waals surface area contributed by atoms with Gasteiger partial charge in [-0.25, -0.2) is 30.5 Å². The second-order valence-electron chi connectivity index (χ2n) is 10.0. The van der Waals surface area contributed by atoms with Gasteiger partial charge in [-0.15, -0.1) is 11.3 Å². The summed E-state index contributed by atoms with van der Waals surface area (Å²) in [6, 6.07) is 24.0. The highest BCUT2D eigenvalue weighted by atomic mass is 32.2. The molecule has 0 saturated carbocycles. The lowest BCUT2D eigenvalue weighted by Crippen LogP contribution is -2.30. The summed E-state index contributed by atoms with van der Waals surface area (Å²) in [6.07, 6.45) is 3.09. The van der Waals surface area contributed by atoms with Crippen molar-refractivity contribution in [3.8, 4) is 0 Å². The summed E-state index contributed by atoms with van der Waals surface area (Å²) >= 11 is 1.30. The van der Waals surface area contributed by atoms with E-state index in [0.29, 0.717) is 35.0 Å². The number of sulfonamides is 1. The van der Waals surface area contributed by atoms with E-state index in [-0.39, 0.29) is 10.6 Å². The van der Waals surface area contributed by atoms with E-state index in [1.807, 2.05) is 65.1 Å². The molecule has 0 atom stereocenters. The van der Waals surface area contributed by atoms with E-state index in [9.17, 15) is 21.6 Å². The van der Waals surface area contributed by atoms with Crippen molar-refractivity contribution in [1.82, 2.24) is 13.7 Å². The van der Waals surface area contributed by atoms with Gasteiger partial charge in [-0.2, -0.15) is 0 Å². The maximum atomic E-state index is 13.6. The van der Waals surface area contributed by atoms with Crippen molar-refractivity contribution in [2.75, 3.05) is 17.7 Å². The number of thiazole rings is 1. The molecule has 0 aliphatic heterocycles. The number of aryl methyl sites for hydroxylation is 2. The molecular weight excluding hydrogens is 593 g/mol. The maximum absolute atomic E-state index is 13.6. The molecule has 0 aliphatic rings. The van der Waals surface area contributed by atoms with Gasteiger partial charge in [-0.3, -0.25) is 4.79 Å². The molecule has 0 fully saturated rings. The van der Waals surface area contributed by atoms with Gasteiger partial charge in [0, 0.05) is 29.5 Å². The minimum atomic E-state index is -3.83. The fourth-order valence-corrected chi connectivity index (χ4v) is 7.44. The number of nitrogens with one attached hydrogen (secondary N) is 1. The molecule has 1 N–H and O–H groups in total. The van der Waals surface area contributed by atoms with E-state index < -0.39 is 26.0 Å². The Kier molecular flexibility index (Phi) is 8.22. The SMILES string of the molecule is Cc1ccc(S(=O)(=O)n2cc(CCN(Cc3ccccc3)c3nc(C(=O)NS(C)(=O)=O)c(C)s3)c3ccccc32)cc1. The quantitative estimate of drug-likeness (QED) is 0.236. The molecule has 3 aromatic carbocycles. The Labute approximate surface area is 249 Å². The third-order valence-electron chi connectivity index (χ3n) is 6.75. The molecule has 2 heterocycles. The summed E-state index contributed by atoms with van der Waals surface area (Å²) in [5, 5.41) is 1.39. The van der Waals surface area contributed by atoms with Crippen LogP contribution in [0.15, 0.2) is 90.0 Å². The Morgan fingerprint density at radius 2 is 1.60 bits per heavy atom. The zero-order valence-corrected chi connectivity index (χ0v) is 25.8. The number of hydrogen-bond acceptors (Lipinski definition) is 8. The van der Waals surface area contributed by atoms with Crippen molar-refractivity contribution >= 4 is 53.3 Å². The predicted octanol–water partition coefficient (Wildman–Crippen LogP) is 4.89. The molecule has 5 rings (SSSR count). The van der Waals surface area contributed by atoms with Crippen molar-refractivity contribution in [1.29, 1.82) is 0 Å². The molecule has 12 heteroatoms. The summed E-state index contributed by atoms with van der Waals surface area (Å²) in [5.74, 6) is -0.776. The zero-order chi connectivity index (χ0) is 30.1. The normalized spacial score (nSPS) is 12.0. The lowest BCUT2D eigenvalue weighted by Gasteiger charge is -2.22. The van der Waals surface area contributed by atoms with Crippen molar-refractivity contribution < 1.29 is 21.6 Å². The number of carbonyl (C=O) groups excluding carboxylic acids is 1. The number of carbonyl (C=O) groups is 1. The monoisotopic (exact) mass is 622 g/mol. The van der Waals surface area contributed by atoms with Gasteiger partial charge in [0.2, 0.25) is 10.0 Å². The number of amides is 1. The number of anilines is 1. The van der Waals surface area contributed by atoms with Crippen LogP contribution in [-0.2, 0) is 33.0 Å². The van der Waals surface area contributed by atoms with Crippen LogP contribution in [0.1, 0.15) is 32.1 Å². The van der Waals surface area contributed by atoms with Crippen LogP contribution >= 0.6 is 11.3 Å². The van der Waals surface area contributed by atoms with Crippen LogP contribution in [-0.4, -0.2) is 44.5 Å². The Hall–Kier alpha value is -4.00. The maximum Gasteiger partial charge on any atom is 0.284 e. The first-order valence-electron chi connectivity index (χ1n) is 13.1. The van der Waals surface area contributed by atoms with Crippen LogP contribution in [0, 0.1) is 13.8 Å². The number of fused-ring (bicyclic) bond motifs is 1. The topological polar surface area (TPSA) is 118 Å². The molecule has 9 nitrogen and oxygen atoms in total. The van der Waals surface area contributed by atoms with Gasteiger partial charge in [-0.1, -0.05) is 66.2 Å². The van der Waals surface area contributed by atoms with Gasteiger partial charge in [0.15, 0.2) is 5.13 Å². The lowest BCUT2D eigenvalue weighted by molar-refractivity contribution is 0.0977. The number of para-hydroxylation sites is 1. The summed E-state index contributed by atoms with van der Waals surface area (Å²) in [4.78, 5) is 20.0. The summed E-state index contributed by atoms with van der Waals surface area (Å²) in [7, 11) is -7.58. The molecule has 2 aromatic heterocycles. The van der Waals surface area contributed by atoms with Crippen molar-refractivity contribution in [2.45, 2.75) is 31.7 Å². The third-order valence-corrected chi connectivity index (χ3v) is 10.0. The van der Waals surface area contributed by atoms with Gasteiger partial charge in [0.1, 0.15) is 5.69 Å². The van der Waals surface area contributed by atoms with Crippen LogP contribution < -0.4 is 9.62 Å². The first-order valence-corrected chi connectivity index (χ1v) is 17.3. The standard InChI is InChI=1S/C30H30N4O5S3/c1-21-13-15-25(16-14-21)42(38,39)34-20-24(26-11-7-8-12-27(26)34)17-18-33(19-23-9-5-4-6-10-23)30-31-28(22(2)40-30)29(35)32-41(3,36)37/h4-16,20H,17-19H2,1-3H3,(H,32,35). The molecule has 0 unspecified atom stereocenters. The number of nitrogens with zero attached hydrogens (tertiary/aromatic N) is 3. The van der Waals surface area contributed by atoms with E-state index >= 15 is 0 Å². The number of hydrogen-bond donors (Lipinski definition) is 1. The van der Waals surface area contributed by atoms with E-state index in [1.54, 1.807) is 43.5 Å². The largest absolute Gasteiger partial charge is 0.343 e. The summed E-state index contributed by atoms with van der Waals surface area (Å²) in [6.45, 7) is 4.59. The van der Waals surface area contributed by atoms with E-state index in [1.165, 1.54) is 15.3 Å². The predicted molar refractivity (Wildman–Crippen MR) is 166 cm³/mol. The van der Waals surface area contributed by atoms with Crippen LogP contribution in [0.25, 0.3) is 10.9 Å². The van der Waals surface area contributed by atoms with E-state index in [2.05, 4.69) is 4.98 Å². The Bertz CT molecular complexity index is 1960. The fourth-order valence-electron chi connectivity index (χ4n) is 4.69. The van der Waals surface area contributed by atoms with Gasteiger partial charge in [-0.05, 0) is 49.6 Å². The van der Waals surface area contributed by atoms with Crippen molar-refractivity contribution in [2.24, 2.45) is 0 Å². The van der Waals surface area contributed by atoms with E-state index in [4.69, 9.17) is 0 Å². The molecule has 42 heavy (non-hydrogen) atoms. The smallest absolute Gasteiger partial charge is 0.284 e. The Morgan fingerprint density at radius 1 is 0.929 bits per heavy atom. The third kappa shape index (κ3) is 6.40. The molecule has 0 aliphatic carbocycles. The van der Waals surface area contributed by atoms with E-state index in [0.717, 1.165) is 28.3 Å². The lowest BCUT2D eigenvalue weighted by atomic mass is 10.1. The molecular formula is C30H30N4O5S3. The van der Waals surface area contributed by atoms with Crippen LogP contribution in [0.2, 0.25) is 0 Å². The highest BCUT2D eigenvalue weighted by Gasteiger charge is 2.24. The minimum absolute atomic E-state index is 0.0549. The molecule has 5 aromatic rings. The molecule has 0 saturated heterocycles. The van der Waals surface area contributed by atoms with Crippen molar-refractivity contribution in [3.05, 3.63) is 112 Å². The zero-order valence-electron chi connectivity index (χ0n) is 23.3. The second kappa shape index (κ2) is 11.7. The van der Waals surface area contributed by atoms with Crippen LogP contribution in [0.5, 0.6) is 0 Å². The van der Waals surface area contributed by atoms with Gasteiger partial charge >= 0.3 is 0 Å². The van der Waals surface area contributed by atoms with Crippen LogP contribution in [0.4, 0.5) is 5.13 Å². The molecule has 1 amide bonds. The van der Waals surface area contributed by atoms with Gasteiger partial charge in [0.05, 0.1) is 16.7 Å². The molecule has 218 valence electrons. The average molecular weight is 623 g/mol. The summed E-state index contributed by atoms with van der Waals surface area (Å²) in [5.41, 5.74) is 3.49. The molecule has 0 bridgehead atoms. The van der Waals surface area contributed by atoms with Crippen molar-refractivity contribution in [3.63, 3.8) is 0 Å². The number of benzene rings is 3. The summed E-state index contributed by atoms with van der Waals surface area (Å²) < 4.78 is 53.9. The highest BCUT2D eigenvalue weighted by molar-refractivity contribution is 7.90. The number of aromatic nitrogens is 2. The second-order valence-corrected chi connectivity index (χ2v) is 14.8. The Balaban J connectivity index is 1.49. The average Bonchev–Trinajstić information content (AvgIpc) is 3.52. The first-order chi connectivity index (χ1) is 19.9. The molecule has 0 radical (unpaired) electrons. The Morgan fingerprint density at radius 3 is 2.29 bits per heavy atom. The minimum Gasteiger partial charge on any atom is -0.343 e. The van der Waals surface area contributed by atoms with Gasteiger partial charge in [0.25, 0.3) is 15.9 Å². The van der Waals surface area contributed by atoms with Crippen LogP contribution in [0.3, 0.4) is 0 Å². The molecule has 0 spiro atoms. The number of rotatable bonds is 10. The fraction of sp³-hybridized carbons (Fsp3) is 0.200. The first kappa shape index (κ1) is 29.5. The highest BCUT2D eigenvalue weighted by Crippen LogP contribution is 2.30.